The van der Waals surface area contributed by atoms with Crippen molar-refractivity contribution in [2.24, 2.45) is 9.98 Å². The number of hydrogen-bond acceptors (Lipinski definition) is 3. The standard InChI is InChI=1S/C44H33N3/c1-44(2)37-19-11-10-18-36(37)40-38(44)27-33-16-8-9-17-35(33)39(40)29-21-23-31(24-22-29)42-45-41(30-13-4-3-5-14-30)46-43(47-42)34-25-20-28-12-6-7-15-32(28)26-34/h3-27,41H,1-2H3,(H,45,46,47). The summed E-state index contributed by atoms with van der Waals surface area (Å²) in [5.41, 5.74) is 11.0. The molecule has 1 atom stereocenters. The van der Waals surface area contributed by atoms with Gasteiger partial charge in [-0.1, -0.05) is 153 Å². The second-order valence-electron chi connectivity index (χ2n) is 13.1. The Morgan fingerprint density at radius 2 is 1.19 bits per heavy atom. The summed E-state index contributed by atoms with van der Waals surface area (Å²) in [5.74, 6) is 1.55. The van der Waals surface area contributed by atoms with Crippen LogP contribution in [0.2, 0.25) is 0 Å². The van der Waals surface area contributed by atoms with Crippen LogP contribution in [0.1, 0.15) is 47.8 Å². The largest absolute Gasteiger partial charge is 0.344 e. The molecule has 0 saturated carbocycles. The third-order valence-electron chi connectivity index (χ3n) is 9.90. The molecule has 2 aliphatic rings. The first kappa shape index (κ1) is 27.5. The summed E-state index contributed by atoms with van der Waals surface area (Å²) in [6.07, 6.45) is -0.245. The van der Waals surface area contributed by atoms with Crippen LogP contribution in [0.4, 0.5) is 0 Å². The van der Waals surface area contributed by atoms with Crippen molar-refractivity contribution >= 4 is 33.2 Å². The maximum absolute atomic E-state index is 5.14. The molecule has 224 valence electrons. The van der Waals surface area contributed by atoms with Crippen molar-refractivity contribution in [1.29, 1.82) is 0 Å². The molecule has 0 fully saturated rings. The zero-order chi connectivity index (χ0) is 31.5. The quantitative estimate of drug-likeness (QED) is 0.214. The first-order valence-corrected chi connectivity index (χ1v) is 16.3. The van der Waals surface area contributed by atoms with Crippen LogP contribution in [-0.2, 0) is 5.41 Å². The van der Waals surface area contributed by atoms with Crippen molar-refractivity contribution in [2.45, 2.75) is 25.4 Å². The highest BCUT2D eigenvalue weighted by Gasteiger charge is 2.37. The van der Waals surface area contributed by atoms with E-state index in [2.05, 4.69) is 165 Å². The van der Waals surface area contributed by atoms with Gasteiger partial charge in [0.25, 0.3) is 0 Å². The molecule has 1 unspecified atom stereocenters. The second-order valence-corrected chi connectivity index (χ2v) is 13.1. The van der Waals surface area contributed by atoms with Crippen LogP contribution in [0.15, 0.2) is 162 Å². The molecule has 9 rings (SSSR count). The zero-order valence-corrected chi connectivity index (χ0v) is 26.4. The number of nitrogens with zero attached hydrogens (tertiary/aromatic N) is 2. The Bertz CT molecular complexity index is 2400. The molecule has 47 heavy (non-hydrogen) atoms. The van der Waals surface area contributed by atoms with E-state index in [0.717, 1.165) is 28.4 Å². The minimum Gasteiger partial charge on any atom is -0.344 e. The first-order chi connectivity index (χ1) is 23.0. The van der Waals surface area contributed by atoms with E-state index in [9.17, 15) is 0 Å². The van der Waals surface area contributed by atoms with E-state index >= 15 is 0 Å². The van der Waals surface area contributed by atoms with E-state index in [-0.39, 0.29) is 11.6 Å². The van der Waals surface area contributed by atoms with Gasteiger partial charge in [-0.3, -0.25) is 0 Å². The van der Waals surface area contributed by atoms with Gasteiger partial charge >= 0.3 is 0 Å². The summed E-state index contributed by atoms with van der Waals surface area (Å²) in [5, 5.41) is 8.55. The number of hydrogen-bond donors (Lipinski definition) is 1. The summed E-state index contributed by atoms with van der Waals surface area (Å²) in [7, 11) is 0. The van der Waals surface area contributed by atoms with Crippen LogP contribution < -0.4 is 5.32 Å². The minimum absolute atomic E-state index is 0.0746. The molecule has 0 saturated heterocycles. The smallest absolute Gasteiger partial charge is 0.159 e. The second kappa shape index (κ2) is 10.6. The topological polar surface area (TPSA) is 36.8 Å². The average Bonchev–Trinajstić information content (AvgIpc) is 3.36. The van der Waals surface area contributed by atoms with E-state index in [1.165, 1.54) is 54.9 Å². The molecule has 1 N–H and O–H groups in total. The van der Waals surface area contributed by atoms with Gasteiger partial charge in [-0.25, -0.2) is 9.98 Å². The fourth-order valence-electron chi connectivity index (χ4n) is 7.47. The van der Waals surface area contributed by atoms with Crippen molar-refractivity contribution in [2.75, 3.05) is 0 Å². The number of rotatable bonds is 4. The molecule has 1 heterocycles. The fourth-order valence-corrected chi connectivity index (χ4v) is 7.47. The SMILES string of the molecule is CC1(C)c2ccccc2-c2c1cc1ccccc1c2-c1ccc(C2=NC(c3ccccc3)NC(c3ccc4ccccc4c3)=N2)cc1. The molecular weight excluding hydrogens is 571 g/mol. The number of benzene rings is 7. The van der Waals surface area contributed by atoms with Crippen LogP contribution in [0.3, 0.4) is 0 Å². The molecule has 0 aromatic heterocycles. The minimum atomic E-state index is -0.245. The van der Waals surface area contributed by atoms with Crippen LogP contribution in [-0.4, -0.2) is 11.7 Å². The summed E-state index contributed by atoms with van der Waals surface area (Å²) in [6, 6.07) is 54.3. The summed E-state index contributed by atoms with van der Waals surface area (Å²) < 4.78 is 0. The van der Waals surface area contributed by atoms with Gasteiger partial charge in [-0.2, -0.15) is 0 Å². The summed E-state index contributed by atoms with van der Waals surface area (Å²) in [6.45, 7) is 4.70. The molecular formula is C44H33N3. The Kier molecular flexibility index (Phi) is 6.23. The zero-order valence-electron chi connectivity index (χ0n) is 26.4. The maximum Gasteiger partial charge on any atom is 0.159 e. The lowest BCUT2D eigenvalue weighted by molar-refractivity contribution is 0.661. The Balaban J connectivity index is 1.18. The van der Waals surface area contributed by atoms with Gasteiger partial charge in [0.05, 0.1) is 0 Å². The molecule has 0 spiro atoms. The van der Waals surface area contributed by atoms with Gasteiger partial charge < -0.3 is 5.32 Å². The summed E-state index contributed by atoms with van der Waals surface area (Å²) >= 11 is 0. The molecule has 3 heteroatoms. The lowest BCUT2D eigenvalue weighted by Crippen LogP contribution is -2.33. The highest BCUT2D eigenvalue weighted by Crippen LogP contribution is 2.54. The van der Waals surface area contributed by atoms with Crippen LogP contribution in [0.25, 0.3) is 43.8 Å². The molecule has 0 amide bonds. The Hall–Kier alpha value is -5.80. The summed E-state index contributed by atoms with van der Waals surface area (Å²) in [4.78, 5) is 10.3. The van der Waals surface area contributed by atoms with E-state index in [1.807, 2.05) is 6.07 Å². The molecule has 7 aromatic rings. The number of fused-ring (bicyclic) bond motifs is 5. The average molecular weight is 604 g/mol. The van der Waals surface area contributed by atoms with E-state index < -0.39 is 0 Å². The predicted molar refractivity (Wildman–Crippen MR) is 196 cm³/mol. The molecule has 0 radical (unpaired) electrons. The van der Waals surface area contributed by atoms with Crippen molar-refractivity contribution in [3.05, 3.63) is 179 Å². The molecule has 1 aliphatic carbocycles. The predicted octanol–water partition coefficient (Wildman–Crippen LogP) is 10.5. The highest BCUT2D eigenvalue weighted by atomic mass is 15.2. The van der Waals surface area contributed by atoms with Crippen molar-refractivity contribution < 1.29 is 0 Å². The van der Waals surface area contributed by atoms with Crippen LogP contribution in [0, 0.1) is 0 Å². The van der Waals surface area contributed by atoms with Crippen molar-refractivity contribution in [1.82, 2.24) is 5.32 Å². The van der Waals surface area contributed by atoms with Crippen LogP contribution >= 0.6 is 0 Å². The van der Waals surface area contributed by atoms with Gasteiger partial charge in [-0.15, -0.1) is 0 Å². The van der Waals surface area contributed by atoms with Gasteiger partial charge in [0.15, 0.2) is 5.84 Å². The molecule has 7 aromatic carbocycles. The van der Waals surface area contributed by atoms with Gasteiger partial charge in [0.1, 0.15) is 12.0 Å². The van der Waals surface area contributed by atoms with E-state index in [1.54, 1.807) is 0 Å². The molecule has 0 bridgehead atoms. The molecule has 3 nitrogen and oxygen atoms in total. The van der Waals surface area contributed by atoms with E-state index in [4.69, 9.17) is 9.98 Å². The third kappa shape index (κ3) is 4.50. The number of nitrogens with one attached hydrogen (secondary N) is 1. The third-order valence-corrected chi connectivity index (χ3v) is 9.90. The van der Waals surface area contributed by atoms with Gasteiger partial charge in [-0.05, 0) is 72.6 Å². The molecule has 1 aliphatic heterocycles. The van der Waals surface area contributed by atoms with Crippen LogP contribution in [0.5, 0.6) is 0 Å². The Labute approximate surface area is 275 Å². The van der Waals surface area contributed by atoms with Crippen molar-refractivity contribution in [3.63, 3.8) is 0 Å². The van der Waals surface area contributed by atoms with Gasteiger partial charge in [0.2, 0.25) is 0 Å². The monoisotopic (exact) mass is 603 g/mol. The number of aliphatic imine (C=N–C) groups is 2. The highest BCUT2D eigenvalue weighted by molar-refractivity contribution is 6.14. The lowest BCUT2D eigenvalue weighted by Gasteiger charge is -2.24. The maximum atomic E-state index is 5.14. The Morgan fingerprint density at radius 3 is 2.02 bits per heavy atom. The van der Waals surface area contributed by atoms with E-state index in [0.29, 0.717) is 0 Å². The van der Waals surface area contributed by atoms with Crippen molar-refractivity contribution in [3.8, 4) is 22.3 Å². The lowest BCUT2D eigenvalue weighted by atomic mass is 9.80. The number of amidine groups is 2. The van der Waals surface area contributed by atoms with Gasteiger partial charge in [0, 0.05) is 16.5 Å². The fraction of sp³-hybridized carbons (Fsp3) is 0.0909. The Morgan fingerprint density at radius 1 is 0.532 bits per heavy atom. The normalized spacial score (nSPS) is 16.3. The first-order valence-electron chi connectivity index (χ1n) is 16.3.